The molecule has 1 aliphatic heterocycles. The lowest BCUT2D eigenvalue weighted by Crippen LogP contribution is -2.47. The van der Waals surface area contributed by atoms with E-state index < -0.39 is 10.5 Å². The fourth-order valence-corrected chi connectivity index (χ4v) is 2.81. The first-order chi connectivity index (χ1) is 10.7. The topological polar surface area (TPSA) is 93.5 Å². The first-order valence-corrected chi connectivity index (χ1v) is 8.52. The van der Waals surface area contributed by atoms with Gasteiger partial charge in [-0.15, -0.1) is 0 Å². The predicted molar refractivity (Wildman–Crippen MR) is 91.2 cm³/mol. The van der Waals surface area contributed by atoms with Gasteiger partial charge in [-0.25, -0.2) is 4.79 Å². The van der Waals surface area contributed by atoms with E-state index in [9.17, 15) is 14.9 Å². The third kappa shape index (κ3) is 8.15. The highest BCUT2D eigenvalue weighted by atomic mass is 35.5. The van der Waals surface area contributed by atoms with E-state index in [0.717, 1.165) is 37.3 Å². The van der Waals surface area contributed by atoms with Crippen molar-refractivity contribution in [2.75, 3.05) is 13.1 Å². The summed E-state index contributed by atoms with van der Waals surface area (Å²) in [5, 5.41) is 17.9. The van der Waals surface area contributed by atoms with E-state index in [-0.39, 0.29) is 22.2 Å². The number of hydrogen-bond donors (Lipinski definition) is 2. The van der Waals surface area contributed by atoms with Gasteiger partial charge in [0.05, 0.1) is 4.92 Å². The summed E-state index contributed by atoms with van der Waals surface area (Å²) in [6.07, 6.45) is 1.83. The third-order valence-corrected chi connectivity index (χ3v) is 4.06. The molecule has 0 saturated carbocycles. The van der Waals surface area contributed by atoms with Gasteiger partial charge in [0.1, 0.15) is 10.6 Å². The second-order valence-corrected chi connectivity index (χ2v) is 7.32. The summed E-state index contributed by atoms with van der Waals surface area (Å²) in [4.78, 5) is 20.9. The molecule has 0 radical (unpaired) electrons. The minimum Gasteiger partial charge on any atom is -0.444 e. The molecule has 2 rings (SSSR count). The Kier molecular flexibility index (Phi) is 7.74. The monoisotopic (exact) mass is 363 g/mol. The lowest BCUT2D eigenvalue weighted by molar-refractivity contribution is -0.380. The maximum Gasteiger partial charge on any atom is 0.407 e. The van der Waals surface area contributed by atoms with Crippen LogP contribution >= 0.6 is 22.9 Å². The number of nitrogens with zero attached hydrogens (tertiary/aromatic N) is 1. The second-order valence-electron chi connectivity index (χ2n) is 6.02. The summed E-state index contributed by atoms with van der Waals surface area (Å²) in [6, 6.07) is 1.73. The molecule has 1 amide bonds. The number of nitro groups is 1. The van der Waals surface area contributed by atoms with Crippen molar-refractivity contribution in [3.05, 3.63) is 26.6 Å². The zero-order valence-electron chi connectivity index (χ0n) is 13.4. The quantitative estimate of drug-likeness (QED) is 0.618. The van der Waals surface area contributed by atoms with Crippen molar-refractivity contribution in [3.8, 4) is 0 Å². The minimum absolute atomic E-state index is 0.0108. The first-order valence-electron chi connectivity index (χ1n) is 7.26. The van der Waals surface area contributed by atoms with Gasteiger partial charge in [0.15, 0.2) is 0 Å². The summed E-state index contributed by atoms with van der Waals surface area (Å²) in [7, 11) is 0. The van der Waals surface area contributed by atoms with E-state index >= 15 is 0 Å². The Morgan fingerprint density at radius 1 is 1.57 bits per heavy atom. The van der Waals surface area contributed by atoms with Crippen LogP contribution < -0.4 is 10.6 Å². The van der Waals surface area contributed by atoms with Gasteiger partial charge in [0.2, 0.25) is 0 Å². The van der Waals surface area contributed by atoms with Crippen LogP contribution in [0.3, 0.4) is 0 Å². The molecule has 0 aliphatic carbocycles. The molecule has 1 fully saturated rings. The van der Waals surface area contributed by atoms with Crippen molar-refractivity contribution >= 4 is 34.0 Å². The molecule has 1 saturated heterocycles. The van der Waals surface area contributed by atoms with Gasteiger partial charge in [-0.05, 0) is 51.6 Å². The van der Waals surface area contributed by atoms with Gasteiger partial charge < -0.3 is 15.4 Å². The number of alkyl carbamates (subject to hydrolysis) is 1. The Morgan fingerprint density at radius 2 is 2.26 bits per heavy atom. The van der Waals surface area contributed by atoms with E-state index in [1.807, 2.05) is 20.8 Å². The van der Waals surface area contributed by atoms with Gasteiger partial charge in [0.25, 0.3) is 0 Å². The first kappa shape index (κ1) is 19.7. The van der Waals surface area contributed by atoms with Crippen LogP contribution in [-0.2, 0) is 4.74 Å². The van der Waals surface area contributed by atoms with Crippen LogP contribution in [0.25, 0.3) is 0 Å². The van der Waals surface area contributed by atoms with Crippen LogP contribution in [0.5, 0.6) is 0 Å². The zero-order valence-corrected chi connectivity index (χ0v) is 15.0. The largest absolute Gasteiger partial charge is 0.444 e. The number of halogens is 1. The normalized spacial score (nSPS) is 17.7. The van der Waals surface area contributed by atoms with Gasteiger partial charge in [0, 0.05) is 12.6 Å². The number of ether oxygens (including phenoxy) is 1. The summed E-state index contributed by atoms with van der Waals surface area (Å²) in [6.45, 7) is 7.49. The van der Waals surface area contributed by atoms with Crippen LogP contribution in [0.1, 0.15) is 33.6 Å². The number of carbonyl (C=O) groups excluding carboxylic acids is 1. The molecular formula is C14H22ClN3O4S. The lowest BCUT2D eigenvalue weighted by Gasteiger charge is -2.26. The standard InChI is InChI=1S/C10H20N2O2.C4H2ClNO2S/c1-10(2,3)14-9(13)12-8-5-4-6-11-7-8;5-3-1-2-9-4(3)6(7)8/h8,11H,4-7H2,1-3H3,(H,12,13);1-2H. The average Bonchev–Trinajstić information content (AvgIpc) is 2.85. The Labute approximate surface area is 144 Å². The number of amides is 1. The molecule has 1 unspecified atom stereocenters. The Hall–Kier alpha value is -1.38. The van der Waals surface area contributed by atoms with Crippen LogP contribution in [0.2, 0.25) is 5.02 Å². The smallest absolute Gasteiger partial charge is 0.407 e. The Morgan fingerprint density at radius 3 is 2.65 bits per heavy atom. The van der Waals surface area contributed by atoms with Crippen molar-refractivity contribution in [1.82, 2.24) is 10.6 Å². The minimum atomic E-state index is -0.493. The molecule has 1 aromatic heterocycles. The second kappa shape index (κ2) is 9.05. The molecule has 0 aromatic carbocycles. The maximum atomic E-state index is 11.4. The van der Waals surface area contributed by atoms with Crippen molar-refractivity contribution in [1.29, 1.82) is 0 Å². The number of hydrogen-bond acceptors (Lipinski definition) is 6. The van der Waals surface area contributed by atoms with Crippen LogP contribution in [0.4, 0.5) is 9.80 Å². The Balaban J connectivity index is 0.000000253. The van der Waals surface area contributed by atoms with E-state index in [4.69, 9.17) is 16.3 Å². The highest BCUT2D eigenvalue weighted by Gasteiger charge is 2.20. The molecule has 2 heterocycles. The number of piperidine rings is 1. The molecule has 130 valence electrons. The molecule has 1 aromatic rings. The molecule has 0 spiro atoms. The third-order valence-electron chi connectivity index (χ3n) is 2.78. The van der Waals surface area contributed by atoms with E-state index in [1.54, 1.807) is 5.38 Å². The predicted octanol–water partition coefficient (Wildman–Crippen LogP) is 3.57. The molecule has 23 heavy (non-hydrogen) atoms. The van der Waals surface area contributed by atoms with Gasteiger partial charge >= 0.3 is 11.1 Å². The molecule has 2 N–H and O–H groups in total. The van der Waals surface area contributed by atoms with Crippen molar-refractivity contribution in [2.24, 2.45) is 0 Å². The number of carbonyl (C=O) groups is 1. The fraction of sp³-hybridized carbons (Fsp3) is 0.643. The van der Waals surface area contributed by atoms with Crippen molar-refractivity contribution < 1.29 is 14.5 Å². The highest BCUT2D eigenvalue weighted by molar-refractivity contribution is 7.14. The molecule has 1 atom stereocenters. The van der Waals surface area contributed by atoms with Crippen LogP contribution in [-0.4, -0.2) is 35.7 Å². The fourth-order valence-electron chi connectivity index (χ4n) is 1.87. The van der Waals surface area contributed by atoms with Crippen LogP contribution in [0.15, 0.2) is 11.4 Å². The summed E-state index contributed by atoms with van der Waals surface area (Å²) < 4.78 is 5.16. The Bertz CT molecular complexity index is 524. The summed E-state index contributed by atoms with van der Waals surface area (Å²) >= 11 is 6.43. The van der Waals surface area contributed by atoms with Gasteiger partial charge in [-0.3, -0.25) is 10.1 Å². The van der Waals surface area contributed by atoms with E-state index in [1.165, 1.54) is 6.07 Å². The van der Waals surface area contributed by atoms with E-state index in [0.29, 0.717) is 0 Å². The number of rotatable bonds is 2. The highest BCUT2D eigenvalue weighted by Crippen LogP contribution is 2.29. The van der Waals surface area contributed by atoms with E-state index in [2.05, 4.69) is 10.6 Å². The van der Waals surface area contributed by atoms with Crippen molar-refractivity contribution in [3.63, 3.8) is 0 Å². The lowest BCUT2D eigenvalue weighted by atomic mass is 10.1. The van der Waals surface area contributed by atoms with Gasteiger partial charge in [-0.1, -0.05) is 22.9 Å². The average molecular weight is 364 g/mol. The summed E-state index contributed by atoms with van der Waals surface area (Å²) in [5.41, 5.74) is -0.411. The molecule has 7 nitrogen and oxygen atoms in total. The van der Waals surface area contributed by atoms with Gasteiger partial charge in [-0.2, -0.15) is 0 Å². The molecule has 9 heteroatoms. The number of thiophene rings is 1. The zero-order chi connectivity index (χ0) is 17.5. The molecule has 1 aliphatic rings. The van der Waals surface area contributed by atoms with Crippen molar-refractivity contribution in [2.45, 2.75) is 45.3 Å². The number of nitrogens with one attached hydrogen (secondary N) is 2. The summed E-state index contributed by atoms with van der Waals surface area (Å²) in [5.74, 6) is 0. The molecular weight excluding hydrogens is 342 g/mol. The molecule has 0 bridgehead atoms. The SMILES string of the molecule is CC(C)(C)OC(=O)NC1CCCNC1.O=[N+]([O-])c1sccc1Cl. The van der Waals surface area contributed by atoms with Crippen LogP contribution in [0, 0.1) is 10.1 Å². The maximum absolute atomic E-state index is 11.4.